The van der Waals surface area contributed by atoms with Crippen molar-refractivity contribution in [3.63, 3.8) is 0 Å². The Kier molecular flexibility index (Phi) is 3.53. The fraction of sp³-hybridized carbons (Fsp3) is 0.231. The SMILES string of the molecule is Cc1ccc(F)cc1Oc1c(C(N)=S)c(C)nn1C. The zero-order valence-electron chi connectivity index (χ0n) is 10.9. The highest BCUT2D eigenvalue weighted by Crippen LogP contribution is 2.29. The highest BCUT2D eigenvalue weighted by atomic mass is 32.1. The molecule has 1 aromatic heterocycles. The van der Waals surface area contributed by atoms with Gasteiger partial charge in [0.15, 0.2) is 0 Å². The first-order valence-electron chi connectivity index (χ1n) is 5.67. The average molecular weight is 279 g/mol. The molecule has 1 aromatic carbocycles. The molecule has 2 N–H and O–H groups in total. The molecule has 0 saturated heterocycles. The van der Waals surface area contributed by atoms with Gasteiger partial charge in [-0.1, -0.05) is 18.3 Å². The maximum Gasteiger partial charge on any atom is 0.228 e. The van der Waals surface area contributed by atoms with Gasteiger partial charge in [0, 0.05) is 13.1 Å². The van der Waals surface area contributed by atoms with Crippen LogP contribution in [0.3, 0.4) is 0 Å². The van der Waals surface area contributed by atoms with E-state index in [1.165, 1.54) is 16.8 Å². The maximum absolute atomic E-state index is 13.3. The van der Waals surface area contributed by atoms with Crippen LogP contribution in [0.25, 0.3) is 0 Å². The van der Waals surface area contributed by atoms with E-state index in [0.717, 1.165) is 5.56 Å². The maximum atomic E-state index is 13.3. The Morgan fingerprint density at radius 1 is 1.42 bits per heavy atom. The number of aryl methyl sites for hydroxylation is 3. The molecule has 6 heteroatoms. The third-order valence-corrected chi connectivity index (χ3v) is 2.98. The molecule has 0 bridgehead atoms. The van der Waals surface area contributed by atoms with E-state index in [4.69, 9.17) is 22.7 Å². The molecule has 0 saturated carbocycles. The van der Waals surface area contributed by atoms with Gasteiger partial charge in [0.25, 0.3) is 0 Å². The number of ether oxygens (including phenoxy) is 1. The molecule has 19 heavy (non-hydrogen) atoms. The average Bonchev–Trinajstić information content (AvgIpc) is 2.59. The topological polar surface area (TPSA) is 53.1 Å². The lowest BCUT2D eigenvalue weighted by molar-refractivity contribution is 0.424. The Bertz CT molecular complexity index is 652. The van der Waals surface area contributed by atoms with Gasteiger partial charge in [-0.2, -0.15) is 5.10 Å². The molecule has 0 aliphatic rings. The zero-order valence-corrected chi connectivity index (χ0v) is 11.7. The van der Waals surface area contributed by atoms with E-state index in [1.807, 2.05) is 6.92 Å². The summed E-state index contributed by atoms with van der Waals surface area (Å²) in [5.74, 6) is 0.468. The van der Waals surface area contributed by atoms with Crippen LogP contribution in [0.4, 0.5) is 4.39 Å². The van der Waals surface area contributed by atoms with Crippen molar-refractivity contribution in [2.45, 2.75) is 13.8 Å². The van der Waals surface area contributed by atoms with Crippen molar-refractivity contribution in [1.82, 2.24) is 9.78 Å². The smallest absolute Gasteiger partial charge is 0.228 e. The van der Waals surface area contributed by atoms with Gasteiger partial charge >= 0.3 is 0 Å². The second-order valence-corrected chi connectivity index (χ2v) is 4.71. The van der Waals surface area contributed by atoms with Gasteiger partial charge in [-0.3, -0.25) is 0 Å². The summed E-state index contributed by atoms with van der Waals surface area (Å²) in [6.45, 7) is 3.62. The molecule has 0 aliphatic heterocycles. The summed E-state index contributed by atoms with van der Waals surface area (Å²) in [5, 5.41) is 4.21. The van der Waals surface area contributed by atoms with Crippen molar-refractivity contribution < 1.29 is 9.13 Å². The second kappa shape index (κ2) is 4.97. The van der Waals surface area contributed by atoms with Crippen LogP contribution in [0.15, 0.2) is 18.2 Å². The van der Waals surface area contributed by atoms with Crippen LogP contribution in [0.2, 0.25) is 0 Å². The molecule has 2 rings (SSSR count). The van der Waals surface area contributed by atoms with Crippen molar-refractivity contribution >= 4 is 17.2 Å². The summed E-state index contributed by atoms with van der Waals surface area (Å²) in [6.07, 6.45) is 0. The van der Waals surface area contributed by atoms with E-state index < -0.39 is 0 Å². The van der Waals surface area contributed by atoms with E-state index in [9.17, 15) is 4.39 Å². The van der Waals surface area contributed by atoms with Crippen LogP contribution < -0.4 is 10.5 Å². The predicted molar refractivity (Wildman–Crippen MR) is 75.0 cm³/mol. The van der Waals surface area contributed by atoms with Crippen LogP contribution in [-0.4, -0.2) is 14.8 Å². The van der Waals surface area contributed by atoms with Gasteiger partial charge in [0.1, 0.15) is 16.6 Å². The van der Waals surface area contributed by atoms with E-state index in [0.29, 0.717) is 22.9 Å². The molecule has 0 amide bonds. The number of rotatable bonds is 3. The summed E-state index contributed by atoms with van der Waals surface area (Å²) in [7, 11) is 1.72. The summed E-state index contributed by atoms with van der Waals surface area (Å²) < 4.78 is 20.5. The fourth-order valence-corrected chi connectivity index (χ4v) is 2.06. The third kappa shape index (κ3) is 2.58. The standard InChI is InChI=1S/C13H14FN3OS/c1-7-4-5-9(14)6-10(7)18-13-11(12(15)19)8(2)16-17(13)3/h4-6H,1-3H3,(H2,15,19). The summed E-state index contributed by atoms with van der Waals surface area (Å²) in [5.41, 5.74) is 7.74. The first kappa shape index (κ1) is 13.5. The minimum atomic E-state index is -0.364. The van der Waals surface area contributed by atoms with Gasteiger partial charge in [0.05, 0.1) is 11.3 Å². The highest BCUT2D eigenvalue weighted by molar-refractivity contribution is 7.80. The summed E-state index contributed by atoms with van der Waals surface area (Å²) >= 11 is 5.00. The van der Waals surface area contributed by atoms with Crippen LogP contribution in [0.1, 0.15) is 16.8 Å². The molecule has 0 fully saturated rings. The summed E-state index contributed by atoms with van der Waals surface area (Å²) in [6, 6.07) is 4.35. The highest BCUT2D eigenvalue weighted by Gasteiger charge is 2.18. The fourth-order valence-electron chi connectivity index (χ4n) is 1.83. The number of aromatic nitrogens is 2. The first-order chi connectivity index (χ1) is 8.90. The lowest BCUT2D eigenvalue weighted by Crippen LogP contribution is -2.11. The van der Waals surface area contributed by atoms with E-state index in [1.54, 1.807) is 20.0 Å². The van der Waals surface area contributed by atoms with Crippen LogP contribution in [-0.2, 0) is 7.05 Å². The Morgan fingerprint density at radius 3 is 2.74 bits per heavy atom. The third-order valence-electron chi connectivity index (χ3n) is 2.77. The number of thiocarbonyl (C=S) groups is 1. The Morgan fingerprint density at radius 2 is 2.11 bits per heavy atom. The molecular weight excluding hydrogens is 265 g/mol. The first-order valence-corrected chi connectivity index (χ1v) is 6.08. The minimum absolute atomic E-state index is 0.203. The quantitative estimate of drug-likeness (QED) is 0.877. The van der Waals surface area contributed by atoms with Gasteiger partial charge in [0.2, 0.25) is 5.88 Å². The molecule has 100 valence electrons. The van der Waals surface area contributed by atoms with E-state index in [-0.39, 0.29) is 10.8 Å². The largest absolute Gasteiger partial charge is 0.438 e. The van der Waals surface area contributed by atoms with Crippen molar-refractivity contribution in [3.8, 4) is 11.6 Å². The molecule has 0 radical (unpaired) electrons. The molecule has 0 spiro atoms. The minimum Gasteiger partial charge on any atom is -0.438 e. The molecule has 2 aromatic rings. The number of halogens is 1. The Hall–Kier alpha value is -1.95. The van der Waals surface area contributed by atoms with Gasteiger partial charge < -0.3 is 10.5 Å². The monoisotopic (exact) mass is 279 g/mol. The predicted octanol–water partition coefficient (Wildman–Crippen LogP) is 2.60. The van der Waals surface area contributed by atoms with Gasteiger partial charge in [-0.15, -0.1) is 0 Å². The number of benzene rings is 1. The van der Waals surface area contributed by atoms with Crippen LogP contribution in [0.5, 0.6) is 11.6 Å². The van der Waals surface area contributed by atoms with E-state index >= 15 is 0 Å². The lowest BCUT2D eigenvalue weighted by Gasteiger charge is -2.10. The van der Waals surface area contributed by atoms with Crippen molar-refractivity contribution in [2.24, 2.45) is 12.8 Å². The Balaban J connectivity index is 2.49. The number of hydrogen-bond donors (Lipinski definition) is 1. The number of nitrogens with two attached hydrogens (primary N) is 1. The van der Waals surface area contributed by atoms with Crippen molar-refractivity contribution in [2.75, 3.05) is 0 Å². The molecule has 0 aliphatic carbocycles. The molecule has 1 heterocycles. The molecule has 0 atom stereocenters. The van der Waals surface area contributed by atoms with Crippen molar-refractivity contribution in [1.29, 1.82) is 0 Å². The van der Waals surface area contributed by atoms with Gasteiger partial charge in [-0.05, 0) is 25.5 Å². The summed E-state index contributed by atoms with van der Waals surface area (Å²) in [4.78, 5) is 0.203. The number of nitrogens with zero attached hydrogens (tertiary/aromatic N) is 2. The van der Waals surface area contributed by atoms with Crippen molar-refractivity contribution in [3.05, 3.63) is 40.8 Å². The van der Waals surface area contributed by atoms with Gasteiger partial charge in [-0.25, -0.2) is 9.07 Å². The second-order valence-electron chi connectivity index (χ2n) is 4.27. The molecule has 0 unspecified atom stereocenters. The normalized spacial score (nSPS) is 10.5. The molecule has 4 nitrogen and oxygen atoms in total. The zero-order chi connectivity index (χ0) is 14.2. The Labute approximate surface area is 116 Å². The van der Waals surface area contributed by atoms with Crippen LogP contribution >= 0.6 is 12.2 Å². The molecular formula is C13H14FN3OS. The van der Waals surface area contributed by atoms with E-state index in [2.05, 4.69) is 5.10 Å². The lowest BCUT2D eigenvalue weighted by atomic mass is 10.2. The number of hydrogen-bond acceptors (Lipinski definition) is 3. The van der Waals surface area contributed by atoms with Crippen LogP contribution in [0, 0.1) is 19.7 Å².